The Hall–Kier alpha value is -4.05. The summed E-state index contributed by atoms with van der Waals surface area (Å²) in [6.07, 6.45) is 2.54. The molecular weight excluding hydrogens is 432 g/mol. The first-order valence-corrected chi connectivity index (χ1v) is 12.2. The Morgan fingerprint density at radius 1 is 0.714 bits per heavy atom. The Bertz CT molecular complexity index is 1240. The number of rotatable bonds is 9. The van der Waals surface area contributed by atoms with Crippen molar-refractivity contribution in [1.29, 1.82) is 0 Å². The number of para-hydroxylation sites is 1. The number of ether oxygens (including phenoxy) is 1. The zero-order valence-corrected chi connectivity index (χ0v) is 19.8. The lowest BCUT2D eigenvalue weighted by atomic mass is 10.0. The molecular formula is C31H30N2O2. The van der Waals surface area contributed by atoms with E-state index in [0.29, 0.717) is 13.2 Å². The van der Waals surface area contributed by atoms with E-state index in [-0.39, 0.29) is 12.1 Å². The summed E-state index contributed by atoms with van der Waals surface area (Å²) in [5.74, 6) is 0.904. The summed E-state index contributed by atoms with van der Waals surface area (Å²) in [6.45, 7) is 1.30. The molecule has 1 unspecified atom stereocenters. The van der Waals surface area contributed by atoms with Crippen LogP contribution in [0.25, 0.3) is 0 Å². The van der Waals surface area contributed by atoms with Gasteiger partial charge in [0.15, 0.2) is 0 Å². The van der Waals surface area contributed by atoms with Crippen molar-refractivity contribution in [1.82, 2.24) is 4.90 Å². The van der Waals surface area contributed by atoms with Crippen LogP contribution in [0.2, 0.25) is 0 Å². The topological polar surface area (TPSA) is 41.6 Å². The van der Waals surface area contributed by atoms with Gasteiger partial charge in [0.1, 0.15) is 11.9 Å². The first kappa shape index (κ1) is 22.7. The first-order valence-electron chi connectivity index (χ1n) is 12.2. The molecule has 4 heteroatoms. The number of anilines is 1. The largest absolute Gasteiger partial charge is 0.494 e. The second kappa shape index (κ2) is 10.9. The molecule has 1 N–H and O–H groups in total. The van der Waals surface area contributed by atoms with Crippen molar-refractivity contribution in [3.8, 4) is 5.75 Å². The van der Waals surface area contributed by atoms with Crippen molar-refractivity contribution < 1.29 is 9.53 Å². The molecule has 0 fully saturated rings. The normalized spacial score (nSPS) is 14.8. The van der Waals surface area contributed by atoms with Crippen LogP contribution < -0.4 is 10.1 Å². The van der Waals surface area contributed by atoms with Crippen LogP contribution in [-0.2, 0) is 12.8 Å². The van der Waals surface area contributed by atoms with Crippen LogP contribution in [0.5, 0.6) is 5.75 Å². The minimum atomic E-state index is -0.228. The van der Waals surface area contributed by atoms with Crippen molar-refractivity contribution in [2.75, 3.05) is 18.5 Å². The molecule has 4 aromatic carbocycles. The van der Waals surface area contributed by atoms with Gasteiger partial charge >= 0.3 is 0 Å². The van der Waals surface area contributed by atoms with E-state index in [1.807, 2.05) is 65.6 Å². The van der Waals surface area contributed by atoms with E-state index < -0.39 is 0 Å². The van der Waals surface area contributed by atoms with Crippen LogP contribution in [0.4, 0.5) is 5.69 Å². The maximum Gasteiger partial charge on any atom is 0.257 e. The monoisotopic (exact) mass is 462 g/mol. The van der Waals surface area contributed by atoms with E-state index in [1.165, 1.54) is 11.1 Å². The lowest BCUT2D eigenvalue weighted by Crippen LogP contribution is -2.43. The van der Waals surface area contributed by atoms with E-state index in [4.69, 9.17) is 4.74 Å². The van der Waals surface area contributed by atoms with Crippen LogP contribution in [-0.4, -0.2) is 24.0 Å². The minimum absolute atomic E-state index is 0.0570. The highest BCUT2D eigenvalue weighted by molar-refractivity contribution is 6.01. The van der Waals surface area contributed by atoms with Crippen molar-refractivity contribution in [2.24, 2.45) is 0 Å². The molecule has 4 nitrogen and oxygen atoms in total. The molecule has 0 aromatic heterocycles. The molecule has 35 heavy (non-hydrogen) atoms. The number of amides is 1. The zero-order chi connectivity index (χ0) is 23.9. The number of fused-ring (bicyclic) bond motifs is 1. The Kier molecular flexibility index (Phi) is 7.09. The van der Waals surface area contributed by atoms with Crippen LogP contribution in [0, 0.1) is 0 Å². The highest BCUT2D eigenvalue weighted by Crippen LogP contribution is 2.33. The molecule has 0 aliphatic carbocycles. The lowest BCUT2D eigenvalue weighted by Gasteiger charge is -2.38. The summed E-state index contributed by atoms with van der Waals surface area (Å²) in [5, 5.41) is 3.58. The predicted molar refractivity (Wildman–Crippen MR) is 141 cm³/mol. The van der Waals surface area contributed by atoms with E-state index >= 15 is 0 Å². The van der Waals surface area contributed by atoms with E-state index in [0.717, 1.165) is 41.8 Å². The second-order valence-electron chi connectivity index (χ2n) is 8.83. The number of hydrogen-bond donors (Lipinski definition) is 1. The third kappa shape index (κ3) is 5.55. The fourth-order valence-electron chi connectivity index (χ4n) is 4.54. The van der Waals surface area contributed by atoms with Crippen LogP contribution >= 0.6 is 0 Å². The summed E-state index contributed by atoms with van der Waals surface area (Å²) in [4.78, 5) is 15.4. The molecule has 4 aromatic rings. The van der Waals surface area contributed by atoms with Gasteiger partial charge in [0.2, 0.25) is 0 Å². The van der Waals surface area contributed by atoms with Gasteiger partial charge in [-0.15, -0.1) is 0 Å². The summed E-state index contributed by atoms with van der Waals surface area (Å²) in [5.41, 5.74) is 5.18. The molecule has 1 amide bonds. The summed E-state index contributed by atoms with van der Waals surface area (Å²) in [6, 6.07) is 36.6. The quantitative estimate of drug-likeness (QED) is 0.288. The first-order chi connectivity index (χ1) is 17.3. The maximum atomic E-state index is 13.4. The predicted octanol–water partition coefficient (Wildman–Crippen LogP) is 6.51. The van der Waals surface area contributed by atoms with Crippen molar-refractivity contribution in [2.45, 2.75) is 25.4 Å². The van der Waals surface area contributed by atoms with Gasteiger partial charge < -0.3 is 15.0 Å². The number of nitrogens with one attached hydrogen (secondary N) is 1. The number of benzene rings is 4. The van der Waals surface area contributed by atoms with Crippen LogP contribution in [0.15, 0.2) is 109 Å². The SMILES string of the molecule is O=C1c2ccccc2NC(c2ccc(OCCCc3ccccc3)cc2)N1CCc1ccccc1. The molecule has 1 heterocycles. The van der Waals surface area contributed by atoms with Gasteiger partial charge in [-0.05, 0) is 60.2 Å². The Morgan fingerprint density at radius 2 is 1.34 bits per heavy atom. The average Bonchev–Trinajstić information content (AvgIpc) is 2.92. The third-order valence-electron chi connectivity index (χ3n) is 6.42. The summed E-state index contributed by atoms with van der Waals surface area (Å²) in [7, 11) is 0. The van der Waals surface area contributed by atoms with Crippen LogP contribution in [0.1, 0.15) is 39.6 Å². The zero-order valence-electron chi connectivity index (χ0n) is 19.8. The number of aryl methyl sites for hydroxylation is 1. The van der Waals surface area contributed by atoms with Gasteiger partial charge in [-0.1, -0.05) is 84.9 Å². The maximum absolute atomic E-state index is 13.4. The Morgan fingerprint density at radius 3 is 2.06 bits per heavy atom. The smallest absolute Gasteiger partial charge is 0.257 e. The molecule has 0 saturated heterocycles. The number of carbonyl (C=O) groups is 1. The van der Waals surface area contributed by atoms with Crippen molar-refractivity contribution >= 4 is 11.6 Å². The fourth-order valence-corrected chi connectivity index (χ4v) is 4.54. The molecule has 0 radical (unpaired) electrons. The molecule has 5 rings (SSSR count). The molecule has 0 spiro atoms. The van der Waals surface area contributed by atoms with Crippen molar-refractivity contribution in [3.05, 3.63) is 131 Å². The standard InChI is InChI=1S/C31H30N2O2/c34-31-28-15-7-8-16-29(28)32-30(33(31)22-21-25-12-5-2-6-13-25)26-17-19-27(20-18-26)35-23-9-14-24-10-3-1-4-11-24/h1-8,10-13,15-20,30,32H,9,14,21-23H2. The average molecular weight is 463 g/mol. The molecule has 1 atom stereocenters. The van der Waals surface area contributed by atoms with Gasteiger partial charge in [-0.2, -0.15) is 0 Å². The summed E-state index contributed by atoms with van der Waals surface area (Å²) >= 11 is 0. The van der Waals surface area contributed by atoms with E-state index in [2.05, 4.69) is 53.8 Å². The van der Waals surface area contributed by atoms with E-state index in [9.17, 15) is 4.79 Å². The Balaban J connectivity index is 1.27. The Labute approximate surface area is 207 Å². The number of carbonyl (C=O) groups excluding carboxylic acids is 1. The number of hydrogen-bond acceptors (Lipinski definition) is 3. The highest BCUT2D eigenvalue weighted by Gasteiger charge is 2.32. The van der Waals surface area contributed by atoms with Crippen LogP contribution in [0.3, 0.4) is 0 Å². The minimum Gasteiger partial charge on any atom is -0.494 e. The van der Waals surface area contributed by atoms with Gasteiger partial charge in [0, 0.05) is 12.2 Å². The highest BCUT2D eigenvalue weighted by atomic mass is 16.5. The molecule has 0 saturated carbocycles. The lowest BCUT2D eigenvalue weighted by molar-refractivity contribution is 0.0685. The summed E-state index contributed by atoms with van der Waals surface area (Å²) < 4.78 is 5.98. The van der Waals surface area contributed by atoms with Gasteiger partial charge in [-0.25, -0.2) is 0 Å². The van der Waals surface area contributed by atoms with Gasteiger partial charge in [0.25, 0.3) is 5.91 Å². The second-order valence-corrected chi connectivity index (χ2v) is 8.83. The molecule has 0 bridgehead atoms. The van der Waals surface area contributed by atoms with Crippen molar-refractivity contribution in [3.63, 3.8) is 0 Å². The van der Waals surface area contributed by atoms with E-state index in [1.54, 1.807) is 0 Å². The molecule has 176 valence electrons. The third-order valence-corrected chi connectivity index (χ3v) is 6.42. The van der Waals surface area contributed by atoms with Gasteiger partial charge in [-0.3, -0.25) is 4.79 Å². The van der Waals surface area contributed by atoms with Gasteiger partial charge in [0.05, 0.1) is 12.2 Å². The molecule has 1 aliphatic rings. The fraction of sp³-hybridized carbons (Fsp3) is 0.194. The number of nitrogens with zero attached hydrogens (tertiary/aromatic N) is 1. The molecule has 1 aliphatic heterocycles.